The number of aliphatic carboxylic acids is 1. The Kier molecular flexibility index (Phi) is 3.87. The number of carbonyl (C=O) groups excluding carboxylic acids is 1. The number of halogens is 3. The first-order valence-electron chi connectivity index (χ1n) is 5.17. The van der Waals surface area contributed by atoms with Crippen LogP contribution in [0.1, 0.15) is 19.5 Å². The average Bonchev–Trinajstić information content (AvgIpc) is 2.63. The number of nitrogens with one attached hydrogen (secondary N) is 1. The molecule has 0 unspecified atom stereocenters. The summed E-state index contributed by atoms with van der Waals surface area (Å²) in [5.41, 5.74) is -2.62. The number of rotatable bonds is 4. The summed E-state index contributed by atoms with van der Waals surface area (Å²) in [5, 5.41) is 14.1. The Morgan fingerprint density at radius 3 is 2.42 bits per heavy atom. The lowest BCUT2D eigenvalue weighted by atomic mass is 10.1. The fraction of sp³-hybridized carbons (Fsp3) is 0.500. The van der Waals surface area contributed by atoms with Gasteiger partial charge in [-0.3, -0.25) is 9.48 Å². The zero-order valence-electron chi connectivity index (χ0n) is 10.2. The number of aromatic nitrogens is 2. The molecule has 19 heavy (non-hydrogen) atoms. The molecule has 0 aromatic carbocycles. The normalized spacial score (nSPS) is 12.3. The van der Waals surface area contributed by atoms with E-state index in [-0.39, 0.29) is 0 Å². The molecule has 0 aliphatic carbocycles. The minimum Gasteiger partial charge on any atom is -0.480 e. The van der Waals surface area contributed by atoms with Gasteiger partial charge in [0.05, 0.1) is 0 Å². The van der Waals surface area contributed by atoms with Crippen molar-refractivity contribution in [3.8, 4) is 0 Å². The van der Waals surface area contributed by atoms with E-state index in [1.807, 2.05) is 0 Å². The Balaban J connectivity index is 2.68. The number of carboxylic acid groups (broad SMARTS) is 1. The highest BCUT2D eigenvalue weighted by atomic mass is 19.4. The van der Waals surface area contributed by atoms with Crippen molar-refractivity contribution in [2.24, 2.45) is 0 Å². The molecule has 0 radical (unpaired) electrons. The van der Waals surface area contributed by atoms with E-state index in [2.05, 4.69) is 10.4 Å². The van der Waals surface area contributed by atoms with Crippen molar-refractivity contribution in [3.63, 3.8) is 0 Å². The van der Waals surface area contributed by atoms with Crippen molar-refractivity contribution >= 4 is 11.9 Å². The van der Waals surface area contributed by atoms with Crippen molar-refractivity contribution in [2.75, 3.05) is 0 Å². The van der Waals surface area contributed by atoms with Crippen molar-refractivity contribution in [2.45, 2.75) is 32.1 Å². The molecule has 0 fully saturated rings. The van der Waals surface area contributed by atoms with Crippen molar-refractivity contribution in [1.29, 1.82) is 0 Å². The van der Waals surface area contributed by atoms with Gasteiger partial charge in [0, 0.05) is 6.20 Å². The van der Waals surface area contributed by atoms with E-state index in [9.17, 15) is 22.8 Å². The van der Waals surface area contributed by atoms with Crippen molar-refractivity contribution < 1.29 is 27.9 Å². The molecule has 1 aromatic rings. The number of amides is 1. The summed E-state index contributed by atoms with van der Waals surface area (Å²) in [6, 6.07) is 0.732. The Labute approximate surface area is 106 Å². The van der Waals surface area contributed by atoms with Crippen LogP contribution in [-0.2, 0) is 22.3 Å². The Bertz CT molecular complexity index is 494. The maximum atomic E-state index is 12.3. The summed E-state index contributed by atoms with van der Waals surface area (Å²) in [5.74, 6) is -2.00. The van der Waals surface area contributed by atoms with E-state index in [0.717, 1.165) is 16.9 Å². The molecule has 1 heterocycles. The minimum atomic E-state index is -4.58. The Morgan fingerprint density at radius 2 is 2.00 bits per heavy atom. The van der Waals surface area contributed by atoms with Crippen LogP contribution in [0.4, 0.5) is 13.2 Å². The summed E-state index contributed by atoms with van der Waals surface area (Å²) in [6.07, 6.45) is -3.59. The Morgan fingerprint density at radius 1 is 1.42 bits per heavy atom. The van der Waals surface area contributed by atoms with Crippen LogP contribution in [0.15, 0.2) is 12.3 Å². The fourth-order valence-electron chi connectivity index (χ4n) is 1.19. The lowest BCUT2D eigenvalue weighted by Gasteiger charge is -2.20. The first-order chi connectivity index (χ1) is 8.52. The SMILES string of the molecule is CC(C)(NC(=O)Cn1ccc(C(F)(F)F)n1)C(=O)O. The average molecular weight is 279 g/mol. The molecule has 1 amide bonds. The molecule has 1 rings (SSSR count). The maximum Gasteiger partial charge on any atom is 0.435 e. The number of alkyl halides is 3. The third-order valence-corrected chi connectivity index (χ3v) is 2.22. The smallest absolute Gasteiger partial charge is 0.435 e. The van der Waals surface area contributed by atoms with E-state index in [4.69, 9.17) is 5.11 Å². The van der Waals surface area contributed by atoms with Crippen LogP contribution in [-0.4, -0.2) is 32.3 Å². The number of nitrogens with zero attached hydrogens (tertiary/aromatic N) is 2. The highest BCUT2D eigenvalue weighted by molar-refractivity contribution is 5.86. The summed E-state index contributed by atoms with van der Waals surface area (Å²) >= 11 is 0. The van der Waals surface area contributed by atoms with Gasteiger partial charge in [0.15, 0.2) is 5.69 Å². The standard InChI is InChI=1S/C10H12F3N3O3/c1-9(2,8(18)19)14-7(17)5-16-4-3-6(15-16)10(11,12)13/h3-4H,5H2,1-2H3,(H,14,17)(H,18,19). The van der Waals surface area contributed by atoms with Gasteiger partial charge in [-0.25, -0.2) is 4.79 Å². The molecule has 0 atom stereocenters. The first kappa shape index (κ1) is 15.0. The summed E-state index contributed by atoms with van der Waals surface area (Å²) in [4.78, 5) is 22.2. The molecule has 6 nitrogen and oxygen atoms in total. The van der Waals surface area contributed by atoms with Crippen LogP contribution in [0.2, 0.25) is 0 Å². The summed E-state index contributed by atoms with van der Waals surface area (Å²) < 4.78 is 37.6. The molecule has 0 bridgehead atoms. The number of hydrogen-bond acceptors (Lipinski definition) is 3. The maximum absolute atomic E-state index is 12.3. The van der Waals surface area contributed by atoms with E-state index >= 15 is 0 Å². The van der Waals surface area contributed by atoms with Crippen LogP contribution < -0.4 is 5.32 Å². The monoisotopic (exact) mass is 279 g/mol. The van der Waals surface area contributed by atoms with Gasteiger partial charge in [-0.2, -0.15) is 18.3 Å². The molecule has 1 aromatic heterocycles. The lowest BCUT2D eigenvalue weighted by Crippen LogP contribution is -2.50. The molecule has 0 aliphatic heterocycles. The lowest BCUT2D eigenvalue weighted by molar-refractivity contribution is -0.146. The van der Waals surface area contributed by atoms with Gasteiger partial charge in [-0.05, 0) is 19.9 Å². The molecule has 0 saturated heterocycles. The predicted molar refractivity (Wildman–Crippen MR) is 57.1 cm³/mol. The van der Waals surface area contributed by atoms with Crippen LogP contribution in [0.25, 0.3) is 0 Å². The Hall–Kier alpha value is -2.06. The molecular weight excluding hydrogens is 267 g/mol. The van der Waals surface area contributed by atoms with Crippen LogP contribution in [0.5, 0.6) is 0 Å². The van der Waals surface area contributed by atoms with Gasteiger partial charge in [-0.1, -0.05) is 0 Å². The highest BCUT2D eigenvalue weighted by Crippen LogP contribution is 2.27. The van der Waals surface area contributed by atoms with E-state index in [1.165, 1.54) is 13.8 Å². The number of carbonyl (C=O) groups is 2. The van der Waals surface area contributed by atoms with Gasteiger partial charge >= 0.3 is 12.1 Å². The fourth-order valence-corrected chi connectivity index (χ4v) is 1.19. The summed E-state index contributed by atoms with van der Waals surface area (Å²) in [6.45, 7) is 2.03. The second-order valence-electron chi connectivity index (χ2n) is 4.37. The van der Waals surface area contributed by atoms with Gasteiger partial charge in [0.2, 0.25) is 5.91 Å². The number of hydrogen-bond donors (Lipinski definition) is 2. The highest BCUT2D eigenvalue weighted by Gasteiger charge is 2.34. The molecule has 2 N–H and O–H groups in total. The largest absolute Gasteiger partial charge is 0.480 e. The van der Waals surface area contributed by atoms with Crippen LogP contribution in [0.3, 0.4) is 0 Å². The van der Waals surface area contributed by atoms with Gasteiger partial charge in [-0.15, -0.1) is 0 Å². The minimum absolute atomic E-state index is 0.493. The third-order valence-electron chi connectivity index (χ3n) is 2.22. The number of carboxylic acids is 1. The van der Waals surface area contributed by atoms with Crippen LogP contribution in [0, 0.1) is 0 Å². The molecule has 9 heteroatoms. The predicted octanol–water partition coefficient (Wildman–Crippen LogP) is 0.881. The second-order valence-corrected chi connectivity index (χ2v) is 4.37. The summed E-state index contributed by atoms with van der Waals surface area (Å²) in [7, 11) is 0. The molecule has 0 saturated carbocycles. The van der Waals surface area contributed by atoms with E-state index in [1.54, 1.807) is 0 Å². The first-order valence-corrected chi connectivity index (χ1v) is 5.17. The van der Waals surface area contributed by atoms with E-state index < -0.39 is 35.8 Å². The van der Waals surface area contributed by atoms with Gasteiger partial charge < -0.3 is 10.4 Å². The van der Waals surface area contributed by atoms with Crippen molar-refractivity contribution in [3.05, 3.63) is 18.0 Å². The third kappa shape index (κ3) is 3.97. The molecule has 106 valence electrons. The zero-order chi connectivity index (χ0) is 14.8. The molecule has 0 aliphatic rings. The quantitative estimate of drug-likeness (QED) is 0.857. The van der Waals surface area contributed by atoms with E-state index in [0.29, 0.717) is 0 Å². The zero-order valence-corrected chi connectivity index (χ0v) is 10.2. The second kappa shape index (κ2) is 4.90. The molecule has 0 spiro atoms. The van der Waals surface area contributed by atoms with Gasteiger partial charge in [0.25, 0.3) is 0 Å². The van der Waals surface area contributed by atoms with Gasteiger partial charge in [0.1, 0.15) is 12.1 Å². The van der Waals surface area contributed by atoms with Crippen LogP contribution >= 0.6 is 0 Å². The topological polar surface area (TPSA) is 84.2 Å². The molecular formula is C10H12F3N3O3. The van der Waals surface area contributed by atoms with Crippen molar-refractivity contribution in [1.82, 2.24) is 15.1 Å².